The Morgan fingerprint density at radius 1 is 1.23 bits per heavy atom. The normalized spacial score (nSPS) is 18.6. The van der Waals surface area contributed by atoms with Crippen LogP contribution in [0.5, 0.6) is 0 Å². The van der Waals surface area contributed by atoms with Crippen molar-refractivity contribution in [1.82, 2.24) is 9.62 Å². The quantitative estimate of drug-likeness (QED) is 0.819. The highest BCUT2D eigenvalue weighted by atomic mass is 32.2. The lowest BCUT2D eigenvalue weighted by Gasteiger charge is -2.34. The summed E-state index contributed by atoms with van der Waals surface area (Å²) in [6.07, 6.45) is 3.35. The minimum Gasteiger partial charge on any atom is -0.352 e. The van der Waals surface area contributed by atoms with Gasteiger partial charge in [-0.05, 0) is 49.8 Å². The molecule has 2 heterocycles. The largest absolute Gasteiger partial charge is 0.352 e. The maximum Gasteiger partial charge on any atom is 0.252 e. The van der Waals surface area contributed by atoms with Crippen LogP contribution in [0.15, 0.2) is 46.0 Å². The average Bonchev–Trinajstić information content (AvgIpc) is 3.17. The van der Waals surface area contributed by atoms with E-state index in [-0.39, 0.29) is 11.9 Å². The Bertz CT molecular complexity index is 830. The summed E-state index contributed by atoms with van der Waals surface area (Å²) in [6.45, 7) is 2.95. The standard InChI is InChI=1S/C19H24N2O3S2/c1-15-5-7-18(8-6-15)26(23,24)21-12-3-2-4-17(21)9-11-20-19(22)16-10-13-25-14-16/h5-8,10,13-14,17H,2-4,9,11-12H2,1H3,(H,20,22). The molecule has 1 fully saturated rings. The molecule has 1 aromatic carbocycles. The molecule has 7 heteroatoms. The zero-order valence-electron chi connectivity index (χ0n) is 14.8. The molecular formula is C19H24N2O3S2. The third kappa shape index (κ3) is 4.34. The maximum absolute atomic E-state index is 13.0. The second-order valence-corrected chi connectivity index (χ2v) is 9.31. The van der Waals surface area contributed by atoms with Crippen LogP contribution in [0.3, 0.4) is 0 Å². The first-order valence-electron chi connectivity index (χ1n) is 8.87. The molecule has 5 nitrogen and oxygen atoms in total. The van der Waals surface area contributed by atoms with Gasteiger partial charge in [0.2, 0.25) is 10.0 Å². The number of carbonyl (C=O) groups is 1. The monoisotopic (exact) mass is 392 g/mol. The molecule has 0 spiro atoms. The minimum atomic E-state index is -3.50. The Kier molecular flexibility index (Phi) is 6.11. The molecule has 2 aromatic rings. The van der Waals surface area contributed by atoms with Crippen molar-refractivity contribution in [2.45, 2.75) is 43.5 Å². The van der Waals surface area contributed by atoms with Crippen molar-refractivity contribution in [3.63, 3.8) is 0 Å². The lowest BCUT2D eigenvalue weighted by Crippen LogP contribution is -2.45. The molecule has 1 aliphatic rings. The van der Waals surface area contributed by atoms with Crippen LogP contribution in [-0.4, -0.2) is 37.8 Å². The molecule has 0 aliphatic carbocycles. The van der Waals surface area contributed by atoms with Gasteiger partial charge in [-0.1, -0.05) is 24.1 Å². The molecule has 1 aromatic heterocycles. The van der Waals surface area contributed by atoms with E-state index in [9.17, 15) is 13.2 Å². The molecule has 1 saturated heterocycles. The number of nitrogens with zero attached hydrogens (tertiary/aromatic N) is 1. The first kappa shape index (κ1) is 19.1. The number of amides is 1. The van der Waals surface area contributed by atoms with Gasteiger partial charge in [0.1, 0.15) is 0 Å². The molecule has 1 unspecified atom stereocenters. The van der Waals surface area contributed by atoms with Crippen molar-refractivity contribution in [3.05, 3.63) is 52.2 Å². The van der Waals surface area contributed by atoms with Crippen molar-refractivity contribution in [1.29, 1.82) is 0 Å². The van der Waals surface area contributed by atoms with E-state index in [1.165, 1.54) is 11.3 Å². The summed E-state index contributed by atoms with van der Waals surface area (Å²) in [5.74, 6) is -0.102. The lowest BCUT2D eigenvalue weighted by atomic mass is 10.0. The van der Waals surface area contributed by atoms with Crippen LogP contribution >= 0.6 is 11.3 Å². The van der Waals surface area contributed by atoms with Gasteiger partial charge >= 0.3 is 0 Å². The van der Waals surface area contributed by atoms with Gasteiger partial charge in [0, 0.05) is 30.1 Å². The number of carbonyl (C=O) groups excluding carboxylic acids is 1. The van der Waals surface area contributed by atoms with E-state index in [1.54, 1.807) is 22.5 Å². The fourth-order valence-corrected chi connectivity index (χ4v) is 5.63. The van der Waals surface area contributed by atoms with Crippen molar-refractivity contribution in [3.8, 4) is 0 Å². The van der Waals surface area contributed by atoms with E-state index in [0.717, 1.165) is 24.8 Å². The van der Waals surface area contributed by atoms with Crippen molar-refractivity contribution >= 4 is 27.3 Å². The summed E-state index contributed by atoms with van der Waals surface area (Å²) in [5.41, 5.74) is 1.69. The summed E-state index contributed by atoms with van der Waals surface area (Å²) in [6, 6.07) is 8.72. The van der Waals surface area contributed by atoms with Crippen LogP contribution in [0, 0.1) is 6.92 Å². The fourth-order valence-electron chi connectivity index (χ4n) is 3.27. The van der Waals surface area contributed by atoms with E-state index in [4.69, 9.17) is 0 Å². The number of nitrogens with one attached hydrogen (secondary N) is 1. The van der Waals surface area contributed by atoms with E-state index in [2.05, 4.69) is 5.32 Å². The Morgan fingerprint density at radius 3 is 2.69 bits per heavy atom. The lowest BCUT2D eigenvalue weighted by molar-refractivity contribution is 0.0950. The number of hydrogen-bond acceptors (Lipinski definition) is 4. The zero-order valence-corrected chi connectivity index (χ0v) is 16.5. The Balaban J connectivity index is 1.65. The highest BCUT2D eigenvalue weighted by Crippen LogP contribution is 2.27. The predicted octanol–water partition coefficient (Wildman–Crippen LogP) is 3.42. The molecule has 1 aliphatic heterocycles. The third-order valence-corrected chi connectivity index (χ3v) is 7.40. The van der Waals surface area contributed by atoms with Crippen molar-refractivity contribution in [2.75, 3.05) is 13.1 Å². The minimum absolute atomic E-state index is 0.0715. The van der Waals surface area contributed by atoms with Gasteiger partial charge in [-0.3, -0.25) is 4.79 Å². The van der Waals surface area contributed by atoms with Crippen LogP contribution in [-0.2, 0) is 10.0 Å². The molecule has 0 bridgehead atoms. The highest BCUT2D eigenvalue weighted by molar-refractivity contribution is 7.89. The van der Waals surface area contributed by atoms with E-state index < -0.39 is 10.0 Å². The van der Waals surface area contributed by atoms with Crippen LogP contribution in [0.2, 0.25) is 0 Å². The van der Waals surface area contributed by atoms with Gasteiger partial charge in [-0.2, -0.15) is 15.6 Å². The molecule has 0 radical (unpaired) electrons. The number of piperidine rings is 1. The molecule has 140 valence electrons. The van der Waals surface area contributed by atoms with E-state index in [0.29, 0.717) is 30.0 Å². The molecule has 3 rings (SSSR count). The Labute approximate surface area is 159 Å². The van der Waals surface area contributed by atoms with Crippen LogP contribution in [0.4, 0.5) is 0 Å². The number of benzene rings is 1. The van der Waals surface area contributed by atoms with Gasteiger partial charge < -0.3 is 5.32 Å². The van der Waals surface area contributed by atoms with Crippen molar-refractivity contribution in [2.24, 2.45) is 0 Å². The summed E-state index contributed by atoms with van der Waals surface area (Å²) < 4.78 is 27.7. The van der Waals surface area contributed by atoms with Crippen molar-refractivity contribution < 1.29 is 13.2 Å². The Hall–Kier alpha value is -1.70. The Morgan fingerprint density at radius 2 is 2.00 bits per heavy atom. The topological polar surface area (TPSA) is 66.5 Å². The van der Waals surface area contributed by atoms with E-state index >= 15 is 0 Å². The average molecular weight is 393 g/mol. The van der Waals surface area contributed by atoms with Crippen LogP contribution in [0.1, 0.15) is 41.6 Å². The number of sulfonamides is 1. The zero-order chi connectivity index (χ0) is 18.6. The highest BCUT2D eigenvalue weighted by Gasteiger charge is 2.33. The summed E-state index contributed by atoms with van der Waals surface area (Å²) >= 11 is 1.48. The predicted molar refractivity (Wildman–Crippen MR) is 104 cm³/mol. The smallest absolute Gasteiger partial charge is 0.252 e. The number of hydrogen-bond donors (Lipinski definition) is 1. The van der Waals surface area contributed by atoms with Crippen LogP contribution in [0.25, 0.3) is 0 Å². The molecule has 1 amide bonds. The van der Waals surface area contributed by atoms with E-state index in [1.807, 2.05) is 29.8 Å². The van der Waals surface area contributed by atoms with Gasteiger partial charge in [0.25, 0.3) is 5.91 Å². The molecule has 26 heavy (non-hydrogen) atoms. The first-order valence-corrected chi connectivity index (χ1v) is 11.3. The van der Waals surface area contributed by atoms with Gasteiger partial charge in [0.15, 0.2) is 0 Å². The van der Waals surface area contributed by atoms with Gasteiger partial charge in [-0.15, -0.1) is 0 Å². The molecule has 1 N–H and O–H groups in total. The number of rotatable bonds is 6. The fraction of sp³-hybridized carbons (Fsp3) is 0.421. The maximum atomic E-state index is 13.0. The summed E-state index contributed by atoms with van der Waals surface area (Å²) in [5, 5.41) is 6.57. The molecule has 1 atom stereocenters. The van der Waals surface area contributed by atoms with Gasteiger partial charge in [-0.25, -0.2) is 8.42 Å². The second kappa shape index (κ2) is 8.33. The number of thiophene rings is 1. The summed E-state index contributed by atoms with van der Waals surface area (Å²) in [7, 11) is -3.50. The molecular weight excluding hydrogens is 368 g/mol. The number of aryl methyl sites for hydroxylation is 1. The summed E-state index contributed by atoms with van der Waals surface area (Å²) in [4.78, 5) is 12.4. The first-order chi connectivity index (χ1) is 12.5. The third-order valence-electron chi connectivity index (χ3n) is 4.75. The molecule has 0 saturated carbocycles. The van der Waals surface area contributed by atoms with Gasteiger partial charge in [0.05, 0.1) is 4.90 Å². The second-order valence-electron chi connectivity index (χ2n) is 6.64. The van der Waals surface area contributed by atoms with Crippen LogP contribution < -0.4 is 5.32 Å². The SMILES string of the molecule is Cc1ccc(S(=O)(=O)N2CCCCC2CCNC(=O)c2ccsc2)cc1.